The number of morpholine rings is 1. The zero-order valence-electron chi connectivity index (χ0n) is 17.3. The third-order valence-electron chi connectivity index (χ3n) is 4.66. The van der Waals surface area contributed by atoms with Gasteiger partial charge in [-0.2, -0.15) is 4.99 Å². The van der Waals surface area contributed by atoms with E-state index in [1.807, 2.05) is 32.4 Å². The topological polar surface area (TPSA) is 81.8 Å². The molecule has 1 unspecified atom stereocenters. The van der Waals surface area contributed by atoms with E-state index < -0.39 is 11.7 Å². The molecule has 1 aromatic heterocycles. The van der Waals surface area contributed by atoms with Crippen molar-refractivity contribution in [3.63, 3.8) is 0 Å². The molecule has 1 saturated heterocycles. The first kappa shape index (κ1) is 21.3. The van der Waals surface area contributed by atoms with Gasteiger partial charge in [-0.3, -0.25) is 4.90 Å². The van der Waals surface area contributed by atoms with Crippen LogP contribution in [0.1, 0.15) is 45.4 Å². The zero-order chi connectivity index (χ0) is 20.1. The number of hydrogen-bond acceptors (Lipinski definition) is 7. The molecule has 0 radical (unpaired) electrons. The molecular formula is C19H31N5O3S. The summed E-state index contributed by atoms with van der Waals surface area (Å²) in [5, 5.41) is 9.71. The molecule has 0 spiro atoms. The molecule has 1 atom stereocenters. The maximum Gasteiger partial charge on any atom is 0.433 e. The van der Waals surface area contributed by atoms with Gasteiger partial charge in [-0.15, -0.1) is 10.2 Å². The van der Waals surface area contributed by atoms with Crippen LogP contribution in [-0.2, 0) is 16.5 Å². The number of hydrogen-bond donors (Lipinski definition) is 0. The van der Waals surface area contributed by atoms with E-state index >= 15 is 0 Å². The molecule has 2 heterocycles. The Balaban J connectivity index is 1.72. The molecule has 1 aromatic rings. The molecule has 1 aliphatic carbocycles. The highest BCUT2D eigenvalue weighted by Gasteiger charge is 2.26. The van der Waals surface area contributed by atoms with Crippen molar-refractivity contribution in [1.82, 2.24) is 19.7 Å². The quantitative estimate of drug-likeness (QED) is 0.506. The van der Waals surface area contributed by atoms with Gasteiger partial charge in [0.1, 0.15) is 11.4 Å². The molecule has 0 N–H and O–H groups in total. The van der Waals surface area contributed by atoms with Crippen molar-refractivity contribution >= 4 is 24.1 Å². The Morgan fingerprint density at radius 1 is 1.36 bits per heavy atom. The molecule has 2 fully saturated rings. The van der Waals surface area contributed by atoms with E-state index in [-0.39, 0.29) is 5.92 Å². The second kappa shape index (κ2) is 9.37. The summed E-state index contributed by atoms with van der Waals surface area (Å²) in [7, 11) is 1.98. The highest BCUT2D eigenvalue weighted by Crippen LogP contribution is 2.34. The third-order valence-corrected chi connectivity index (χ3v) is 5.91. The molecule has 1 amide bonds. The maximum absolute atomic E-state index is 12.1. The Labute approximate surface area is 171 Å². The van der Waals surface area contributed by atoms with Gasteiger partial charge < -0.3 is 14.0 Å². The Morgan fingerprint density at radius 2 is 2.07 bits per heavy atom. The van der Waals surface area contributed by atoms with Crippen LogP contribution in [0.5, 0.6) is 0 Å². The van der Waals surface area contributed by atoms with Gasteiger partial charge in [0, 0.05) is 38.6 Å². The largest absolute Gasteiger partial charge is 0.442 e. The summed E-state index contributed by atoms with van der Waals surface area (Å²) in [6.45, 7) is 9.37. The molecule has 156 valence electrons. The summed E-state index contributed by atoms with van der Waals surface area (Å²) in [6.07, 6.45) is 3.72. The van der Waals surface area contributed by atoms with Crippen molar-refractivity contribution in [2.75, 3.05) is 38.6 Å². The smallest absolute Gasteiger partial charge is 0.433 e. The van der Waals surface area contributed by atoms with Crippen LogP contribution < -0.4 is 0 Å². The van der Waals surface area contributed by atoms with Crippen molar-refractivity contribution in [3.05, 3.63) is 5.82 Å². The van der Waals surface area contributed by atoms with E-state index in [4.69, 9.17) is 9.47 Å². The lowest BCUT2D eigenvalue weighted by molar-refractivity contribution is 0.0371. The van der Waals surface area contributed by atoms with E-state index in [1.165, 1.54) is 12.8 Å². The highest BCUT2D eigenvalue weighted by atomic mass is 32.2. The summed E-state index contributed by atoms with van der Waals surface area (Å²) >= 11 is 1.75. The number of carbonyl (C=O) groups excluding carboxylic acids is 1. The van der Waals surface area contributed by atoms with Gasteiger partial charge in [0.25, 0.3) is 0 Å². The lowest BCUT2D eigenvalue weighted by atomic mass is 10.1. The second-order valence-electron chi connectivity index (χ2n) is 8.43. The lowest BCUT2D eigenvalue weighted by Crippen LogP contribution is -2.39. The van der Waals surface area contributed by atoms with Gasteiger partial charge >= 0.3 is 6.09 Å². The van der Waals surface area contributed by atoms with Crippen molar-refractivity contribution in [2.45, 2.75) is 50.3 Å². The van der Waals surface area contributed by atoms with Gasteiger partial charge in [-0.1, -0.05) is 11.8 Å². The summed E-state index contributed by atoms with van der Waals surface area (Å²) in [4.78, 5) is 18.4. The van der Waals surface area contributed by atoms with Gasteiger partial charge in [-0.05, 0) is 39.5 Å². The van der Waals surface area contributed by atoms with E-state index in [9.17, 15) is 4.79 Å². The number of amides is 1. The van der Waals surface area contributed by atoms with Crippen molar-refractivity contribution in [2.24, 2.45) is 18.0 Å². The predicted octanol–water partition coefficient (Wildman–Crippen LogP) is 2.74. The number of carbonyl (C=O) groups is 1. The summed E-state index contributed by atoms with van der Waals surface area (Å²) in [5.41, 5.74) is -0.564. The van der Waals surface area contributed by atoms with E-state index in [0.29, 0.717) is 0 Å². The number of aromatic nitrogens is 3. The van der Waals surface area contributed by atoms with Crippen LogP contribution in [0, 0.1) is 5.92 Å². The lowest BCUT2D eigenvalue weighted by Gasteiger charge is -2.28. The zero-order valence-corrected chi connectivity index (χ0v) is 18.1. The minimum Gasteiger partial charge on any atom is -0.442 e. The van der Waals surface area contributed by atoms with E-state index in [0.717, 1.165) is 55.5 Å². The van der Waals surface area contributed by atoms with E-state index in [1.54, 1.807) is 18.0 Å². The second-order valence-corrected chi connectivity index (χ2v) is 9.42. The summed E-state index contributed by atoms with van der Waals surface area (Å²) in [5.74, 6) is 2.59. The summed E-state index contributed by atoms with van der Waals surface area (Å²) < 4.78 is 12.8. The SMILES string of the molecule is Cn1c(SCC2CC2)nnc1C(C=NC(=O)OC(C)(C)C)CN1CCOCC1. The Bertz CT molecular complexity index is 690. The molecule has 8 nitrogen and oxygen atoms in total. The van der Waals surface area contributed by atoms with Crippen LogP contribution >= 0.6 is 11.8 Å². The Morgan fingerprint density at radius 3 is 2.71 bits per heavy atom. The fourth-order valence-electron chi connectivity index (χ4n) is 2.95. The van der Waals surface area contributed by atoms with Crippen LogP contribution in [-0.4, -0.2) is 76.2 Å². The van der Waals surface area contributed by atoms with Gasteiger partial charge in [0.05, 0.1) is 19.1 Å². The predicted molar refractivity (Wildman–Crippen MR) is 109 cm³/mol. The number of rotatable bonds is 7. The molecule has 1 aliphatic heterocycles. The average Bonchev–Trinajstić information content (AvgIpc) is 3.39. The van der Waals surface area contributed by atoms with Crippen LogP contribution in [0.3, 0.4) is 0 Å². The maximum atomic E-state index is 12.1. The standard InChI is InChI=1S/C19H31N5O3S/c1-19(2,3)27-18(25)20-11-15(12-24-7-9-26-10-8-24)16-21-22-17(23(16)4)28-13-14-5-6-14/h11,14-15H,5-10,12-13H2,1-4H3. The fraction of sp³-hybridized carbons (Fsp3) is 0.789. The first-order chi connectivity index (χ1) is 13.3. The first-order valence-corrected chi connectivity index (χ1v) is 10.9. The van der Waals surface area contributed by atoms with Crippen molar-refractivity contribution in [3.8, 4) is 0 Å². The number of thioether (sulfide) groups is 1. The molecule has 1 saturated carbocycles. The van der Waals surface area contributed by atoms with Crippen molar-refractivity contribution in [1.29, 1.82) is 0 Å². The molecule has 0 bridgehead atoms. The van der Waals surface area contributed by atoms with Crippen LogP contribution in [0.2, 0.25) is 0 Å². The van der Waals surface area contributed by atoms with Crippen LogP contribution in [0.15, 0.2) is 10.1 Å². The average molecular weight is 410 g/mol. The van der Waals surface area contributed by atoms with Crippen LogP contribution in [0.4, 0.5) is 4.79 Å². The normalized spacial score (nSPS) is 19.9. The molecule has 3 rings (SSSR count). The highest BCUT2D eigenvalue weighted by molar-refractivity contribution is 7.99. The Hall–Kier alpha value is -1.45. The van der Waals surface area contributed by atoms with Gasteiger partial charge in [0.2, 0.25) is 0 Å². The molecular weight excluding hydrogens is 378 g/mol. The molecule has 28 heavy (non-hydrogen) atoms. The number of ether oxygens (including phenoxy) is 2. The van der Waals surface area contributed by atoms with Crippen LogP contribution in [0.25, 0.3) is 0 Å². The minimum atomic E-state index is -0.579. The number of aliphatic imine (C=N–C) groups is 1. The summed E-state index contributed by atoms with van der Waals surface area (Å²) in [6, 6.07) is 0. The van der Waals surface area contributed by atoms with Gasteiger partial charge in [0.15, 0.2) is 5.16 Å². The minimum absolute atomic E-state index is 0.140. The molecule has 9 heteroatoms. The molecule has 2 aliphatic rings. The Kier molecular flexibility index (Phi) is 7.11. The molecule has 0 aromatic carbocycles. The number of nitrogens with zero attached hydrogens (tertiary/aromatic N) is 5. The van der Waals surface area contributed by atoms with E-state index in [2.05, 4.69) is 20.1 Å². The van der Waals surface area contributed by atoms with Crippen molar-refractivity contribution < 1.29 is 14.3 Å². The first-order valence-electron chi connectivity index (χ1n) is 9.91. The van der Waals surface area contributed by atoms with Gasteiger partial charge in [-0.25, -0.2) is 4.79 Å². The fourth-order valence-corrected chi connectivity index (χ4v) is 4.05. The monoisotopic (exact) mass is 409 g/mol. The third kappa shape index (κ3) is 6.56.